The summed E-state index contributed by atoms with van der Waals surface area (Å²) in [4.78, 5) is 19.5. The standard InChI is InChI=1S/C16H16BrN3O3/c1-16(2,3)15-19-11(20-23-15)8-22-14(21)13-12(17)9-6-4-5-7-10(9)18-13/h4-7,18H,8H2,1-3H3. The quantitative estimate of drug-likeness (QED) is 0.698. The minimum atomic E-state index is -0.477. The summed E-state index contributed by atoms with van der Waals surface area (Å²) in [5.41, 5.74) is 0.988. The van der Waals surface area contributed by atoms with Crippen LogP contribution in [0.1, 0.15) is 43.0 Å². The molecule has 0 aliphatic heterocycles. The molecule has 0 atom stereocenters. The van der Waals surface area contributed by atoms with Gasteiger partial charge in [0.15, 0.2) is 6.61 Å². The van der Waals surface area contributed by atoms with Gasteiger partial charge in [-0.25, -0.2) is 4.79 Å². The van der Waals surface area contributed by atoms with Crippen molar-refractivity contribution in [2.24, 2.45) is 0 Å². The summed E-state index contributed by atoms with van der Waals surface area (Å²) in [6.45, 7) is 5.87. The van der Waals surface area contributed by atoms with Gasteiger partial charge in [0.25, 0.3) is 0 Å². The molecule has 3 aromatic rings. The first-order chi connectivity index (χ1) is 10.9. The third-order valence-corrected chi connectivity index (χ3v) is 4.11. The minimum Gasteiger partial charge on any atom is -0.453 e. The lowest BCUT2D eigenvalue weighted by molar-refractivity contribution is 0.0452. The molecule has 2 aromatic heterocycles. The maximum absolute atomic E-state index is 12.2. The van der Waals surface area contributed by atoms with Gasteiger partial charge in [0.1, 0.15) is 5.69 Å². The molecule has 2 heterocycles. The van der Waals surface area contributed by atoms with Crippen LogP contribution in [-0.4, -0.2) is 21.1 Å². The van der Waals surface area contributed by atoms with Crippen LogP contribution in [0.5, 0.6) is 0 Å². The molecule has 7 heteroatoms. The largest absolute Gasteiger partial charge is 0.453 e. The van der Waals surface area contributed by atoms with Gasteiger partial charge in [0.05, 0.1) is 4.47 Å². The number of carbonyl (C=O) groups excluding carboxylic acids is 1. The lowest BCUT2D eigenvalue weighted by atomic mass is 9.97. The van der Waals surface area contributed by atoms with Crippen molar-refractivity contribution in [3.8, 4) is 0 Å². The smallest absolute Gasteiger partial charge is 0.356 e. The molecule has 6 nitrogen and oxygen atoms in total. The summed E-state index contributed by atoms with van der Waals surface area (Å²) in [6.07, 6.45) is 0. The molecule has 1 N–H and O–H groups in total. The highest BCUT2D eigenvalue weighted by atomic mass is 79.9. The third-order valence-electron chi connectivity index (χ3n) is 3.29. The van der Waals surface area contributed by atoms with Gasteiger partial charge in [-0.15, -0.1) is 0 Å². The Kier molecular flexibility index (Phi) is 3.97. The zero-order valence-corrected chi connectivity index (χ0v) is 14.6. The molecule has 1 aromatic carbocycles. The second-order valence-corrected chi connectivity index (χ2v) is 6.99. The second-order valence-electron chi connectivity index (χ2n) is 6.20. The second kappa shape index (κ2) is 5.81. The first-order valence-corrected chi connectivity index (χ1v) is 7.92. The van der Waals surface area contributed by atoms with Crippen LogP contribution in [0.4, 0.5) is 0 Å². The van der Waals surface area contributed by atoms with Gasteiger partial charge in [0.2, 0.25) is 11.7 Å². The Morgan fingerprint density at radius 1 is 1.35 bits per heavy atom. The molecular formula is C16H16BrN3O3. The molecule has 0 amide bonds. The summed E-state index contributed by atoms with van der Waals surface area (Å²) in [5.74, 6) is 0.376. The van der Waals surface area contributed by atoms with Crippen LogP contribution < -0.4 is 0 Å². The lowest BCUT2D eigenvalue weighted by Crippen LogP contribution is -2.12. The molecule has 0 radical (unpaired) electrons. The highest BCUT2D eigenvalue weighted by molar-refractivity contribution is 9.10. The number of halogens is 1. The lowest BCUT2D eigenvalue weighted by Gasteiger charge is -2.10. The first-order valence-electron chi connectivity index (χ1n) is 7.12. The van der Waals surface area contributed by atoms with Gasteiger partial charge in [-0.2, -0.15) is 4.98 Å². The SMILES string of the molecule is CC(C)(C)c1nc(COC(=O)c2[nH]c3ccccc3c2Br)no1. The van der Waals surface area contributed by atoms with E-state index in [0.717, 1.165) is 10.9 Å². The molecule has 0 aliphatic rings. The number of nitrogens with zero attached hydrogens (tertiary/aromatic N) is 2. The number of aromatic nitrogens is 3. The van der Waals surface area contributed by atoms with Crippen molar-refractivity contribution >= 4 is 32.8 Å². The Hall–Kier alpha value is -2.15. The predicted octanol–water partition coefficient (Wildman–Crippen LogP) is 3.97. The van der Waals surface area contributed by atoms with Crippen molar-refractivity contribution in [1.29, 1.82) is 0 Å². The van der Waals surface area contributed by atoms with Crippen LogP contribution >= 0.6 is 15.9 Å². The number of esters is 1. The number of rotatable bonds is 3. The Morgan fingerprint density at radius 2 is 2.09 bits per heavy atom. The van der Waals surface area contributed by atoms with Crippen molar-refractivity contribution in [2.75, 3.05) is 0 Å². The number of nitrogens with one attached hydrogen (secondary N) is 1. The number of benzene rings is 1. The summed E-state index contributed by atoms with van der Waals surface area (Å²) in [7, 11) is 0. The van der Waals surface area contributed by atoms with Crippen LogP contribution in [0.15, 0.2) is 33.3 Å². The molecule has 0 saturated heterocycles. The van der Waals surface area contributed by atoms with E-state index in [1.54, 1.807) is 0 Å². The van der Waals surface area contributed by atoms with E-state index in [0.29, 0.717) is 21.9 Å². The topological polar surface area (TPSA) is 81.0 Å². The number of hydrogen-bond donors (Lipinski definition) is 1. The molecule has 0 spiro atoms. The van der Waals surface area contributed by atoms with E-state index in [9.17, 15) is 4.79 Å². The van der Waals surface area contributed by atoms with E-state index < -0.39 is 5.97 Å². The van der Waals surface area contributed by atoms with E-state index in [-0.39, 0.29) is 12.0 Å². The molecule has 0 saturated carbocycles. The third kappa shape index (κ3) is 3.14. The first kappa shape index (κ1) is 15.7. The number of aromatic amines is 1. The number of carbonyl (C=O) groups is 1. The molecule has 3 rings (SSSR count). The fraction of sp³-hybridized carbons (Fsp3) is 0.312. The molecule has 0 bridgehead atoms. The summed E-state index contributed by atoms with van der Waals surface area (Å²) < 4.78 is 11.1. The predicted molar refractivity (Wildman–Crippen MR) is 88.1 cm³/mol. The minimum absolute atomic E-state index is 0.0414. The van der Waals surface area contributed by atoms with Crippen molar-refractivity contribution < 1.29 is 14.1 Å². The molecule has 0 fully saturated rings. The zero-order valence-electron chi connectivity index (χ0n) is 13.0. The van der Waals surface area contributed by atoms with Crippen LogP contribution in [0.25, 0.3) is 10.9 Å². The molecule has 0 aliphatic carbocycles. The normalized spacial score (nSPS) is 11.8. The monoisotopic (exact) mass is 377 g/mol. The van der Waals surface area contributed by atoms with Crippen LogP contribution in [0.3, 0.4) is 0 Å². The van der Waals surface area contributed by atoms with Gasteiger partial charge < -0.3 is 14.2 Å². The highest BCUT2D eigenvalue weighted by Crippen LogP contribution is 2.28. The fourth-order valence-corrected chi connectivity index (χ4v) is 2.67. The average Bonchev–Trinajstić information content (AvgIpc) is 3.10. The maximum atomic E-state index is 12.2. The number of ether oxygens (including phenoxy) is 1. The Labute approximate surface area is 141 Å². The van der Waals surface area contributed by atoms with E-state index in [1.165, 1.54) is 0 Å². The molecule has 0 unspecified atom stereocenters. The number of para-hydroxylation sites is 1. The van der Waals surface area contributed by atoms with Gasteiger partial charge in [-0.1, -0.05) is 44.1 Å². The maximum Gasteiger partial charge on any atom is 0.356 e. The van der Waals surface area contributed by atoms with E-state index in [1.807, 2.05) is 45.0 Å². The van der Waals surface area contributed by atoms with Crippen molar-refractivity contribution in [3.63, 3.8) is 0 Å². The van der Waals surface area contributed by atoms with Crippen LogP contribution in [0.2, 0.25) is 0 Å². The molecule has 23 heavy (non-hydrogen) atoms. The van der Waals surface area contributed by atoms with Gasteiger partial charge in [-0.3, -0.25) is 0 Å². The number of hydrogen-bond acceptors (Lipinski definition) is 5. The Bertz CT molecular complexity index is 861. The summed E-state index contributed by atoms with van der Waals surface area (Å²) in [6, 6.07) is 7.62. The number of H-pyrrole nitrogens is 1. The van der Waals surface area contributed by atoms with E-state index in [4.69, 9.17) is 9.26 Å². The van der Waals surface area contributed by atoms with Crippen LogP contribution in [0, 0.1) is 0 Å². The summed E-state index contributed by atoms with van der Waals surface area (Å²) >= 11 is 3.43. The van der Waals surface area contributed by atoms with Crippen molar-refractivity contribution in [3.05, 3.63) is 46.1 Å². The van der Waals surface area contributed by atoms with Gasteiger partial charge in [-0.05, 0) is 22.0 Å². The van der Waals surface area contributed by atoms with Crippen molar-refractivity contribution in [1.82, 2.24) is 15.1 Å². The molecule has 120 valence electrons. The van der Waals surface area contributed by atoms with E-state index >= 15 is 0 Å². The summed E-state index contributed by atoms with van der Waals surface area (Å²) in [5, 5.41) is 4.75. The van der Waals surface area contributed by atoms with Crippen LogP contribution in [-0.2, 0) is 16.8 Å². The average molecular weight is 378 g/mol. The molecular weight excluding hydrogens is 362 g/mol. The Balaban J connectivity index is 1.74. The number of fused-ring (bicyclic) bond motifs is 1. The zero-order chi connectivity index (χ0) is 16.6. The van der Waals surface area contributed by atoms with Gasteiger partial charge in [0, 0.05) is 16.3 Å². The fourth-order valence-electron chi connectivity index (χ4n) is 2.07. The Morgan fingerprint density at radius 3 is 2.74 bits per heavy atom. The van der Waals surface area contributed by atoms with E-state index in [2.05, 4.69) is 31.1 Å². The van der Waals surface area contributed by atoms with Gasteiger partial charge >= 0.3 is 5.97 Å². The highest BCUT2D eigenvalue weighted by Gasteiger charge is 2.23. The van der Waals surface area contributed by atoms with Crippen molar-refractivity contribution in [2.45, 2.75) is 32.8 Å².